The van der Waals surface area contributed by atoms with Crippen molar-refractivity contribution in [3.05, 3.63) is 35.9 Å². The minimum atomic E-state index is -0.652. The molecule has 37 heavy (non-hydrogen) atoms. The van der Waals surface area contributed by atoms with Crippen LogP contribution in [0, 0.1) is 5.41 Å². The van der Waals surface area contributed by atoms with Crippen molar-refractivity contribution < 1.29 is 19.1 Å². The Kier molecular flexibility index (Phi) is 12.5. The molecule has 0 radical (unpaired) electrons. The van der Waals surface area contributed by atoms with Crippen LogP contribution < -0.4 is 16.0 Å². The van der Waals surface area contributed by atoms with Gasteiger partial charge in [-0.3, -0.25) is 14.4 Å². The number of nitrogens with one attached hydrogen (secondary N) is 3. The molecule has 0 bridgehead atoms. The van der Waals surface area contributed by atoms with Crippen molar-refractivity contribution in [3.63, 3.8) is 0 Å². The topological polar surface area (TPSA) is 103 Å². The molecule has 1 aromatic carbocycles. The fourth-order valence-electron chi connectivity index (χ4n) is 4.49. The lowest BCUT2D eigenvalue weighted by Gasteiger charge is -2.37. The summed E-state index contributed by atoms with van der Waals surface area (Å²) in [6.07, 6.45) is 2.45. The lowest BCUT2D eigenvalue weighted by atomic mass is 9.85. The third-order valence-electron chi connectivity index (χ3n) is 6.94. The molecule has 1 heterocycles. The Morgan fingerprint density at radius 3 is 2.51 bits per heavy atom. The average Bonchev–Trinajstić information content (AvgIpc) is 3.34. The van der Waals surface area contributed by atoms with E-state index < -0.39 is 17.5 Å². The van der Waals surface area contributed by atoms with Crippen molar-refractivity contribution >= 4 is 17.7 Å². The minimum Gasteiger partial charge on any atom is -0.383 e. The van der Waals surface area contributed by atoms with Gasteiger partial charge in [-0.15, -0.1) is 0 Å². The van der Waals surface area contributed by atoms with E-state index in [1.165, 1.54) is 5.56 Å². The van der Waals surface area contributed by atoms with Crippen LogP contribution in [0.4, 0.5) is 0 Å². The standard InChI is InChI=1S/C28H47N5O4/c1-21(29-5)26(35)31-25(28(2,3)4)27(36)33-16-10-13-23(33)20-32(24(34)19-30-15-18-37-6)17-14-22-11-8-7-9-12-22/h7-9,11-12,21,23,25,29-30H,10,13-20H2,1-6H3,(H,31,35)/t21-,23?,25?/m0/s1. The number of hydrogen-bond donors (Lipinski definition) is 3. The summed E-state index contributed by atoms with van der Waals surface area (Å²) in [6.45, 7) is 10.7. The monoisotopic (exact) mass is 517 g/mol. The summed E-state index contributed by atoms with van der Waals surface area (Å²) in [6, 6.07) is 8.97. The van der Waals surface area contributed by atoms with Crippen LogP contribution in [0.2, 0.25) is 0 Å². The van der Waals surface area contributed by atoms with Gasteiger partial charge in [0.1, 0.15) is 6.04 Å². The zero-order valence-electron chi connectivity index (χ0n) is 23.5. The maximum Gasteiger partial charge on any atom is 0.246 e. The third-order valence-corrected chi connectivity index (χ3v) is 6.94. The smallest absolute Gasteiger partial charge is 0.246 e. The third kappa shape index (κ3) is 9.72. The van der Waals surface area contributed by atoms with Crippen LogP contribution in [0.3, 0.4) is 0 Å². The maximum atomic E-state index is 13.8. The molecule has 9 nitrogen and oxygen atoms in total. The minimum absolute atomic E-state index is 0.00912. The van der Waals surface area contributed by atoms with Crippen molar-refractivity contribution in [3.8, 4) is 0 Å². The van der Waals surface area contributed by atoms with E-state index in [4.69, 9.17) is 4.74 Å². The Morgan fingerprint density at radius 1 is 1.19 bits per heavy atom. The van der Waals surface area contributed by atoms with Crippen LogP contribution in [0.5, 0.6) is 0 Å². The SMILES string of the molecule is CN[C@@H](C)C(=O)NC(C(=O)N1CCCC1CN(CCc1ccccc1)C(=O)CNCCOC)C(C)(C)C. The molecule has 2 unspecified atom stereocenters. The van der Waals surface area contributed by atoms with E-state index in [1.54, 1.807) is 21.1 Å². The molecule has 1 saturated heterocycles. The molecule has 2 rings (SSSR count). The highest BCUT2D eigenvalue weighted by Crippen LogP contribution is 2.26. The maximum absolute atomic E-state index is 13.8. The first kappa shape index (κ1) is 30.7. The van der Waals surface area contributed by atoms with E-state index in [0.717, 1.165) is 19.3 Å². The second-order valence-corrected chi connectivity index (χ2v) is 10.9. The highest BCUT2D eigenvalue weighted by molar-refractivity contribution is 5.90. The van der Waals surface area contributed by atoms with E-state index in [-0.39, 0.29) is 30.3 Å². The summed E-state index contributed by atoms with van der Waals surface area (Å²) >= 11 is 0. The zero-order valence-corrected chi connectivity index (χ0v) is 23.5. The number of carbonyl (C=O) groups excluding carboxylic acids is 3. The highest BCUT2D eigenvalue weighted by Gasteiger charge is 2.40. The van der Waals surface area contributed by atoms with Gasteiger partial charge in [-0.25, -0.2) is 0 Å². The van der Waals surface area contributed by atoms with Crippen LogP contribution in [0.1, 0.15) is 46.1 Å². The van der Waals surface area contributed by atoms with Crippen LogP contribution in [-0.2, 0) is 25.5 Å². The molecule has 0 spiro atoms. The van der Waals surface area contributed by atoms with Crippen molar-refractivity contribution in [2.45, 2.75) is 65.1 Å². The van der Waals surface area contributed by atoms with Gasteiger partial charge < -0.3 is 30.5 Å². The van der Waals surface area contributed by atoms with Crippen molar-refractivity contribution in [2.24, 2.45) is 5.41 Å². The van der Waals surface area contributed by atoms with Gasteiger partial charge in [-0.2, -0.15) is 0 Å². The Bertz CT molecular complexity index is 858. The fourth-order valence-corrected chi connectivity index (χ4v) is 4.49. The van der Waals surface area contributed by atoms with Gasteiger partial charge in [0.15, 0.2) is 0 Å². The molecule has 1 fully saturated rings. The summed E-state index contributed by atoms with van der Waals surface area (Å²) in [4.78, 5) is 43.4. The number of likely N-dealkylation sites (N-methyl/N-ethyl adjacent to an activating group) is 1. The van der Waals surface area contributed by atoms with E-state index in [0.29, 0.717) is 32.8 Å². The van der Waals surface area contributed by atoms with E-state index in [1.807, 2.05) is 48.8 Å². The molecular formula is C28H47N5O4. The molecule has 0 saturated carbocycles. The fraction of sp³-hybridized carbons (Fsp3) is 0.679. The van der Waals surface area contributed by atoms with E-state index in [2.05, 4.69) is 28.1 Å². The summed E-state index contributed by atoms with van der Waals surface area (Å²) in [5, 5.41) is 9.06. The molecular weight excluding hydrogens is 470 g/mol. The highest BCUT2D eigenvalue weighted by atomic mass is 16.5. The number of methoxy groups -OCH3 is 1. The van der Waals surface area contributed by atoms with Crippen LogP contribution in [-0.4, -0.2) is 99.1 Å². The first-order valence-electron chi connectivity index (χ1n) is 13.4. The van der Waals surface area contributed by atoms with Gasteiger partial charge in [-0.1, -0.05) is 51.1 Å². The normalized spacial score (nSPS) is 17.4. The first-order chi connectivity index (χ1) is 17.6. The lowest BCUT2D eigenvalue weighted by Crippen LogP contribution is -2.59. The zero-order chi connectivity index (χ0) is 27.4. The van der Waals surface area contributed by atoms with Crippen molar-refractivity contribution in [1.29, 1.82) is 0 Å². The van der Waals surface area contributed by atoms with Gasteiger partial charge in [-0.05, 0) is 44.2 Å². The number of likely N-dealkylation sites (tertiary alicyclic amines) is 1. The molecule has 0 aromatic heterocycles. The number of amides is 3. The first-order valence-corrected chi connectivity index (χ1v) is 13.4. The lowest BCUT2D eigenvalue weighted by molar-refractivity contribution is -0.142. The molecule has 1 aromatic rings. The van der Waals surface area contributed by atoms with Gasteiger partial charge in [0.25, 0.3) is 0 Å². The number of hydrogen-bond acceptors (Lipinski definition) is 6. The number of carbonyl (C=O) groups is 3. The molecule has 1 aliphatic heterocycles. The van der Waals surface area contributed by atoms with Gasteiger partial charge >= 0.3 is 0 Å². The Morgan fingerprint density at radius 2 is 1.89 bits per heavy atom. The Hall–Kier alpha value is -2.49. The molecule has 9 heteroatoms. The van der Waals surface area contributed by atoms with Crippen LogP contribution in [0.15, 0.2) is 30.3 Å². The van der Waals surface area contributed by atoms with Crippen LogP contribution in [0.25, 0.3) is 0 Å². The summed E-state index contributed by atoms with van der Waals surface area (Å²) in [5.41, 5.74) is 0.711. The Balaban J connectivity index is 2.15. The molecule has 3 atom stereocenters. The predicted molar refractivity (Wildman–Crippen MR) is 146 cm³/mol. The second kappa shape index (κ2) is 15.1. The molecule has 0 aliphatic carbocycles. The van der Waals surface area contributed by atoms with Crippen molar-refractivity contribution in [1.82, 2.24) is 25.8 Å². The largest absolute Gasteiger partial charge is 0.383 e. The predicted octanol–water partition coefficient (Wildman–Crippen LogP) is 1.42. The van der Waals surface area contributed by atoms with Gasteiger partial charge in [0.2, 0.25) is 17.7 Å². The second-order valence-electron chi connectivity index (χ2n) is 10.9. The summed E-state index contributed by atoms with van der Waals surface area (Å²) in [5.74, 6) is -0.275. The quantitative estimate of drug-likeness (QED) is 0.323. The number of rotatable bonds is 14. The van der Waals surface area contributed by atoms with Crippen LogP contribution >= 0.6 is 0 Å². The molecule has 208 valence electrons. The van der Waals surface area contributed by atoms with Crippen molar-refractivity contribution in [2.75, 3.05) is 53.5 Å². The van der Waals surface area contributed by atoms with E-state index in [9.17, 15) is 14.4 Å². The van der Waals surface area contributed by atoms with Gasteiger partial charge in [0, 0.05) is 39.3 Å². The average molecular weight is 518 g/mol. The summed E-state index contributed by atoms with van der Waals surface area (Å²) in [7, 11) is 3.36. The molecule has 1 aliphatic rings. The number of benzene rings is 1. The Labute approximate surface area is 222 Å². The molecule has 3 N–H and O–H groups in total. The number of nitrogens with zero attached hydrogens (tertiary/aromatic N) is 2. The molecule has 3 amide bonds. The summed E-state index contributed by atoms with van der Waals surface area (Å²) < 4.78 is 5.07. The number of ether oxygens (including phenoxy) is 1. The van der Waals surface area contributed by atoms with E-state index >= 15 is 0 Å². The van der Waals surface area contributed by atoms with Gasteiger partial charge in [0.05, 0.1) is 19.2 Å².